The molecule has 5 nitrogen and oxygen atoms in total. The summed E-state index contributed by atoms with van der Waals surface area (Å²) in [6, 6.07) is 7.91. The SMILES string of the molecule is Cc1ccccc1CCNC(=O)NCC1(O)CCOCC1. The van der Waals surface area contributed by atoms with Gasteiger partial charge in [-0.1, -0.05) is 24.3 Å². The molecular weight excluding hydrogens is 268 g/mol. The topological polar surface area (TPSA) is 70.6 Å². The molecule has 0 aromatic heterocycles. The van der Waals surface area contributed by atoms with Crippen molar-refractivity contribution in [1.29, 1.82) is 0 Å². The molecule has 0 unspecified atom stereocenters. The second-order valence-corrected chi connectivity index (χ2v) is 5.62. The van der Waals surface area contributed by atoms with E-state index in [-0.39, 0.29) is 12.6 Å². The number of hydrogen-bond acceptors (Lipinski definition) is 3. The van der Waals surface area contributed by atoms with Crippen molar-refractivity contribution in [1.82, 2.24) is 10.6 Å². The van der Waals surface area contributed by atoms with Gasteiger partial charge in [-0.05, 0) is 24.5 Å². The molecule has 3 N–H and O–H groups in total. The number of carbonyl (C=O) groups excluding carboxylic acids is 1. The second kappa shape index (κ2) is 7.43. The van der Waals surface area contributed by atoms with E-state index in [0.717, 1.165) is 6.42 Å². The van der Waals surface area contributed by atoms with Crippen LogP contribution in [0.3, 0.4) is 0 Å². The van der Waals surface area contributed by atoms with Crippen molar-refractivity contribution in [2.45, 2.75) is 31.8 Å². The lowest BCUT2D eigenvalue weighted by Gasteiger charge is -2.32. The molecule has 1 aromatic carbocycles. The quantitative estimate of drug-likeness (QED) is 0.768. The second-order valence-electron chi connectivity index (χ2n) is 5.62. The average molecular weight is 292 g/mol. The van der Waals surface area contributed by atoms with Crippen molar-refractivity contribution in [2.24, 2.45) is 0 Å². The number of benzene rings is 1. The van der Waals surface area contributed by atoms with Gasteiger partial charge in [-0.25, -0.2) is 4.79 Å². The molecule has 0 bridgehead atoms. The van der Waals surface area contributed by atoms with E-state index in [1.165, 1.54) is 11.1 Å². The van der Waals surface area contributed by atoms with Crippen LogP contribution in [-0.2, 0) is 11.2 Å². The molecule has 0 aliphatic carbocycles. The lowest BCUT2D eigenvalue weighted by atomic mass is 9.94. The third-order valence-electron chi connectivity index (χ3n) is 3.94. The summed E-state index contributed by atoms with van der Waals surface area (Å²) < 4.78 is 5.21. The standard InChI is InChI=1S/C16H24N2O3/c1-13-4-2-3-5-14(13)6-9-17-15(19)18-12-16(20)7-10-21-11-8-16/h2-5,20H,6-12H2,1H3,(H2,17,18,19). The van der Waals surface area contributed by atoms with Gasteiger partial charge in [-0.2, -0.15) is 0 Å². The maximum Gasteiger partial charge on any atom is 0.314 e. The Kier molecular flexibility index (Phi) is 5.59. The maximum absolute atomic E-state index is 11.7. The normalized spacial score (nSPS) is 17.2. The molecule has 1 saturated heterocycles. The van der Waals surface area contributed by atoms with Gasteiger partial charge in [-0.3, -0.25) is 0 Å². The first-order valence-electron chi connectivity index (χ1n) is 7.45. The van der Waals surface area contributed by atoms with E-state index in [1.54, 1.807) is 0 Å². The molecule has 0 spiro atoms. The van der Waals surface area contributed by atoms with Crippen LogP contribution in [0.2, 0.25) is 0 Å². The lowest BCUT2D eigenvalue weighted by molar-refractivity contribution is -0.0600. The fourth-order valence-corrected chi connectivity index (χ4v) is 2.44. The van der Waals surface area contributed by atoms with E-state index in [2.05, 4.69) is 29.7 Å². The van der Waals surface area contributed by atoms with E-state index >= 15 is 0 Å². The van der Waals surface area contributed by atoms with Crippen LogP contribution in [0.15, 0.2) is 24.3 Å². The summed E-state index contributed by atoms with van der Waals surface area (Å²) in [6.07, 6.45) is 1.94. The van der Waals surface area contributed by atoms with Gasteiger partial charge in [0.15, 0.2) is 0 Å². The zero-order valence-corrected chi connectivity index (χ0v) is 12.5. The number of aryl methyl sites for hydroxylation is 1. The van der Waals surface area contributed by atoms with E-state index in [0.29, 0.717) is 32.6 Å². The highest BCUT2D eigenvalue weighted by atomic mass is 16.5. The molecule has 1 aliphatic heterocycles. The maximum atomic E-state index is 11.7. The number of amides is 2. The van der Waals surface area contributed by atoms with Crippen molar-refractivity contribution < 1.29 is 14.6 Å². The number of aliphatic hydroxyl groups is 1. The Bertz CT molecular complexity index is 470. The first-order chi connectivity index (χ1) is 10.1. The highest BCUT2D eigenvalue weighted by molar-refractivity contribution is 5.73. The number of hydrogen-bond donors (Lipinski definition) is 3. The number of urea groups is 1. The third kappa shape index (κ3) is 5.02. The Balaban J connectivity index is 1.67. The summed E-state index contributed by atoms with van der Waals surface area (Å²) >= 11 is 0. The average Bonchev–Trinajstić information content (AvgIpc) is 2.48. The molecule has 2 rings (SSSR count). The van der Waals surface area contributed by atoms with Crippen LogP contribution in [0, 0.1) is 6.92 Å². The molecular formula is C16H24N2O3. The molecule has 5 heteroatoms. The summed E-state index contributed by atoms with van der Waals surface area (Å²) in [5.74, 6) is 0. The third-order valence-corrected chi connectivity index (χ3v) is 3.94. The molecule has 0 radical (unpaired) electrons. The van der Waals surface area contributed by atoms with Crippen LogP contribution in [0.5, 0.6) is 0 Å². The van der Waals surface area contributed by atoms with Crippen LogP contribution in [-0.4, -0.2) is 43.0 Å². The molecule has 1 aromatic rings. The molecule has 1 aliphatic rings. The van der Waals surface area contributed by atoms with Gasteiger partial charge in [0.1, 0.15) is 0 Å². The number of rotatable bonds is 5. The van der Waals surface area contributed by atoms with Crippen LogP contribution < -0.4 is 10.6 Å². The molecule has 21 heavy (non-hydrogen) atoms. The minimum atomic E-state index is -0.828. The van der Waals surface area contributed by atoms with Crippen LogP contribution >= 0.6 is 0 Å². The minimum Gasteiger partial charge on any atom is -0.388 e. The Morgan fingerprint density at radius 1 is 1.29 bits per heavy atom. The van der Waals surface area contributed by atoms with Gasteiger partial charge in [0, 0.05) is 39.1 Å². The molecule has 116 valence electrons. The van der Waals surface area contributed by atoms with Crippen molar-refractivity contribution in [3.05, 3.63) is 35.4 Å². The smallest absolute Gasteiger partial charge is 0.314 e. The van der Waals surface area contributed by atoms with Crippen molar-refractivity contribution in [3.8, 4) is 0 Å². The highest BCUT2D eigenvalue weighted by Gasteiger charge is 2.29. The van der Waals surface area contributed by atoms with Gasteiger partial charge < -0.3 is 20.5 Å². The summed E-state index contributed by atoms with van der Waals surface area (Å²) in [6.45, 7) is 4.01. The molecule has 0 atom stereocenters. The summed E-state index contributed by atoms with van der Waals surface area (Å²) in [7, 11) is 0. The Morgan fingerprint density at radius 3 is 2.71 bits per heavy atom. The van der Waals surface area contributed by atoms with Gasteiger partial charge >= 0.3 is 6.03 Å². The molecule has 1 heterocycles. The minimum absolute atomic E-state index is 0.233. The van der Waals surface area contributed by atoms with Crippen LogP contribution in [0.4, 0.5) is 4.79 Å². The van der Waals surface area contributed by atoms with Crippen molar-refractivity contribution in [3.63, 3.8) is 0 Å². The Labute approximate surface area is 125 Å². The first-order valence-corrected chi connectivity index (χ1v) is 7.45. The fraction of sp³-hybridized carbons (Fsp3) is 0.562. The first kappa shape index (κ1) is 15.8. The predicted octanol–water partition coefficient (Wildman–Crippen LogP) is 1.38. The van der Waals surface area contributed by atoms with E-state index in [1.807, 2.05) is 12.1 Å². The fourth-order valence-electron chi connectivity index (χ4n) is 2.44. The summed E-state index contributed by atoms with van der Waals surface area (Å²) in [5, 5.41) is 15.8. The van der Waals surface area contributed by atoms with Gasteiger partial charge in [0.05, 0.1) is 5.60 Å². The lowest BCUT2D eigenvalue weighted by Crippen LogP contribution is -2.49. The zero-order chi connectivity index (χ0) is 15.1. The Hall–Kier alpha value is -1.59. The van der Waals surface area contributed by atoms with Gasteiger partial charge in [0.25, 0.3) is 0 Å². The number of carbonyl (C=O) groups is 1. The number of nitrogens with one attached hydrogen (secondary N) is 2. The van der Waals surface area contributed by atoms with Crippen LogP contribution in [0.1, 0.15) is 24.0 Å². The Morgan fingerprint density at radius 2 is 2.00 bits per heavy atom. The van der Waals surface area contributed by atoms with Gasteiger partial charge in [0.2, 0.25) is 0 Å². The monoisotopic (exact) mass is 292 g/mol. The van der Waals surface area contributed by atoms with Crippen molar-refractivity contribution in [2.75, 3.05) is 26.3 Å². The zero-order valence-electron chi connectivity index (χ0n) is 12.5. The molecule has 0 saturated carbocycles. The molecule has 1 fully saturated rings. The number of ether oxygens (including phenoxy) is 1. The highest BCUT2D eigenvalue weighted by Crippen LogP contribution is 2.19. The van der Waals surface area contributed by atoms with Crippen LogP contribution in [0.25, 0.3) is 0 Å². The van der Waals surface area contributed by atoms with Crippen molar-refractivity contribution >= 4 is 6.03 Å². The summed E-state index contributed by atoms with van der Waals surface area (Å²) in [4.78, 5) is 11.7. The molecule has 2 amide bonds. The van der Waals surface area contributed by atoms with Gasteiger partial charge in [-0.15, -0.1) is 0 Å². The largest absolute Gasteiger partial charge is 0.388 e. The van der Waals surface area contributed by atoms with E-state index in [4.69, 9.17) is 4.74 Å². The van der Waals surface area contributed by atoms with E-state index in [9.17, 15) is 9.90 Å². The van der Waals surface area contributed by atoms with E-state index < -0.39 is 5.60 Å². The predicted molar refractivity (Wildman–Crippen MR) is 81.3 cm³/mol. The summed E-state index contributed by atoms with van der Waals surface area (Å²) in [5.41, 5.74) is 1.64.